The van der Waals surface area contributed by atoms with Crippen molar-refractivity contribution >= 4 is 0 Å². The van der Waals surface area contributed by atoms with Gasteiger partial charge in [-0.3, -0.25) is 10.3 Å². The summed E-state index contributed by atoms with van der Waals surface area (Å²) < 4.78 is 7.42. The lowest BCUT2D eigenvalue weighted by molar-refractivity contribution is 0.328. The normalized spacial score (nSPS) is 13.4. The van der Waals surface area contributed by atoms with Gasteiger partial charge in [-0.05, 0) is 43.7 Å². The van der Waals surface area contributed by atoms with E-state index in [1.54, 1.807) is 24.9 Å². The first-order chi connectivity index (χ1) is 13.2. The third kappa shape index (κ3) is 3.78. The van der Waals surface area contributed by atoms with Crippen molar-refractivity contribution in [3.8, 4) is 17.1 Å². The lowest BCUT2D eigenvalue weighted by atomic mass is 10.1. The van der Waals surface area contributed by atoms with Crippen LogP contribution >= 0.6 is 0 Å². The van der Waals surface area contributed by atoms with E-state index in [9.17, 15) is 0 Å². The van der Waals surface area contributed by atoms with Crippen molar-refractivity contribution in [2.75, 3.05) is 0 Å². The van der Waals surface area contributed by atoms with Gasteiger partial charge in [0.05, 0.1) is 12.4 Å². The van der Waals surface area contributed by atoms with Gasteiger partial charge in [0, 0.05) is 42.1 Å². The van der Waals surface area contributed by atoms with Crippen molar-refractivity contribution in [3.63, 3.8) is 0 Å². The van der Waals surface area contributed by atoms with Crippen LogP contribution in [0.2, 0.25) is 0 Å². The molecule has 0 aliphatic carbocycles. The zero-order chi connectivity index (χ0) is 18.6. The molecule has 1 N–H and O–H groups in total. The Morgan fingerprint density at radius 2 is 1.96 bits per heavy atom. The van der Waals surface area contributed by atoms with Crippen LogP contribution in [-0.4, -0.2) is 24.7 Å². The van der Waals surface area contributed by atoms with Crippen LogP contribution in [-0.2, 0) is 0 Å². The standard InChI is InChI=1S/C20H20N6O/c1-14(16-5-3-7-18(11-16)26-10-9-22-13-26)23-15(2)20-24-19(25-27-20)17-6-4-8-21-12-17/h3-15,23H,1-2H3/t14-,15-/m0/s1. The highest BCUT2D eigenvalue weighted by Crippen LogP contribution is 2.22. The number of pyridine rings is 1. The highest BCUT2D eigenvalue weighted by Gasteiger charge is 2.18. The van der Waals surface area contributed by atoms with E-state index in [0.717, 1.165) is 11.3 Å². The molecular formula is C20H20N6O. The molecule has 0 amide bonds. The molecule has 7 nitrogen and oxygen atoms in total. The quantitative estimate of drug-likeness (QED) is 0.564. The van der Waals surface area contributed by atoms with E-state index >= 15 is 0 Å². The summed E-state index contributed by atoms with van der Waals surface area (Å²) in [5, 5.41) is 7.57. The number of hydrogen-bond donors (Lipinski definition) is 1. The molecule has 0 radical (unpaired) electrons. The predicted octanol–water partition coefficient (Wildman–Crippen LogP) is 3.73. The first kappa shape index (κ1) is 17.1. The Balaban J connectivity index is 1.48. The fourth-order valence-electron chi connectivity index (χ4n) is 2.93. The minimum atomic E-state index is -0.0881. The summed E-state index contributed by atoms with van der Waals surface area (Å²) in [7, 11) is 0. The first-order valence-corrected chi connectivity index (χ1v) is 8.79. The Bertz CT molecular complexity index is 996. The highest BCUT2D eigenvalue weighted by molar-refractivity contribution is 5.51. The zero-order valence-electron chi connectivity index (χ0n) is 15.1. The summed E-state index contributed by atoms with van der Waals surface area (Å²) in [6.45, 7) is 4.12. The number of imidazole rings is 1. The van der Waals surface area contributed by atoms with E-state index in [0.29, 0.717) is 11.7 Å². The predicted molar refractivity (Wildman–Crippen MR) is 101 cm³/mol. The number of nitrogens with one attached hydrogen (secondary N) is 1. The number of aromatic nitrogens is 5. The molecule has 0 fully saturated rings. The lowest BCUT2D eigenvalue weighted by Crippen LogP contribution is -2.22. The van der Waals surface area contributed by atoms with Crippen molar-refractivity contribution in [1.29, 1.82) is 0 Å². The molecule has 3 aromatic heterocycles. The Morgan fingerprint density at radius 1 is 1.04 bits per heavy atom. The number of hydrogen-bond acceptors (Lipinski definition) is 6. The molecule has 7 heteroatoms. The van der Waals surface area contributed by atoms with E-state index in [2.05, 4.69) is 50.5 Å². The number of nitrogens with zero attached hydrogens (tertiary/aromatic N) is 5. The SMILES string of the molecule is C[C@H](N[C@@H](C)c1nc(-c2cccnc2)no1)c1cccc(-n2ccnc2)c1. The summed E-state index contributed by atoms with van der Waals surface area (Å²) in [6.07, 6.45) is 8.92. The molecule has 136 valence electrons. The molecule has 0 bridgehead atoms. The van der Waals surface area contributed by atoms with E-state index in [1.807, 2.05) is 35.9 Å². The third-order valence-corrected chi connectivity index (χ3v) is 4.40. The largest absolute Gasteiger partial charge is 0.337 e. The maximum atomic E-state index is 5.44. The minimum absolute atomic E-state index is 0.0881. The van der Waals surface area contributed by atoms with Crippen LogP contribution in [0.15, 0.2) is 72.0 Å². The van der Waals surface area contributed by atoms with E-state index < -0.39 is 0 Å². The van der Waals surface area contributed by atoms with Gasteiger partial charge in [-0.25, -0.2) is 4.98 Å². The maximum Gasteiger partial charge on any atom is 0.243 e. The van der Waals surface area contributed by atoms with Gasteiger partial charge >= 0.3 is 0 Å². The van der Waals surface area contributed by atoms with Gasteiger partial charge < -0.3 is 9.09 Å². The molecule has 2 atom stereocenters. The molecule has 3 heterocycles. The summed E-state index contributed by atoms with van der Waals surface area (Å²) in [4.78, 5) is 12.7. The summed E-state index contributed by atoms with van der Waals surface area (Å²) in [5.74, 6) is 1.09. The van der Waals surface area contributed by atoms with Gasteiger partial charge in [-0.15, -0.1) is 0 Å². The molecule has 0 saturated carbocycles. The van der Waals surface area contributed by atoms with Crippen LogP contribution in [0, 0.1) is 0 Å². The summed E-state index contributed by atoms with van der Waals surface area (Å²) >= 11 is 0. The van der Waals surface area contributed by atoms with Crippen molar-refractivity contribution in [2.24, 2.45) is 0 Å². The van der Waals surface area contributed by atoms with Crippen molar-refractivity contribution in [3.05, 3.63) is 79.0 Å². The molecule has 1 aromatic carbocycles. The molecule has 0 spiro atoms. The second-order valence-corrected chi connectivity index (χ2v) is 6.37. The van der Waals surface area contributed by atoms with E-state index in [-0.39, 0.29) is 12.1 Å². The smallest absolute Gasteiger partial charge is 0.243 e. The van der Waals surface area contributed by atoms with Crippen molar-refractivity contribution < 1.29 is 4.52 Å². The number of benzene rings is 1. The highest BCUT2D eigenvalue weighted by atomic mass is 16.5. The molecule has 4 rings (SSSR count). The average Bonchev–Trinajstić information content (AvgIpc) is 3.41. The molecule has 0 aliphatic heterocycles. The van der Waals surface area contributed by atoms with Crippen LogP contribution in [0.25, 0.3) is 17.1 Å². The van der Waals surface area contributed by atoms with Gasteiger partial charge in [0.15, 0.2) is 0 Å². The molecule has 0 saturated heterocycles. The Hall–Kier alpha value is -3.32. The fourth-order valence-corrected chi connectivity index (χ4v) is 2.93. The van der Waals surface area contributed by atoms with E-state index in [4.69, 9.17) is 4.52 Å². The third-order valence-electron chi connectivity index (χ3n) is 4.40. The van der Waals surface area contributed by atoms with E-state index in [1.165, 1.54) is 5.56 Å². The van der Waals surface area contributed by atoms with Crippen LogP contribution < -0.4 is 5.32 Å². The fraction of sp³-hybridized carbons (Fsp3) is 0.200. The lowest BCUT2D eigenvalue weighted by Gasteiger charge is -2.18. The number of rotatable bonds is 6. The monoisotopic (exact) mass is 360 g/mol. The summed E-state index contributed by atoms with van der Waals surface area (Å²) in [6, 6.07) is 12.1. The van der Waals surface area contributed by atoms with Crippen LogP contribution in [0.5, 0.6) is 0 Å². The van der Waals surface area contributed by atoms with Crippen molar-refractivity contribution in [1.82, 2.24) is 30.0 Å². The first-order valence-electron chi connectivity index (χ1n) is 8.79. The minimum Gasteiger partial charge on any atom is -0.337 e. The second-order valence-electron chi connectivity index (χ2n) is 6.37. The van der Waals surface area contributed by atoms with Gasteiger partial charge in [0.1, 0.15) is 0 Å². The second kappa shape index (κ2) is 7.51. The summed E-state index contributed by atoms with van der Waals surface area (Å²) in [5.41, 5.74) is 3.07. The molecule has 0 aliphatic rings. The van der Waals surface area contributed by atoms with Crippen LogP contribution in [0.1, 0.15) is 37.4 Å². The van der Waals surface area contributed by atoms with Crippen LogP contribution in [0.4, 0.5) is 0 Å². The zero-order valence-corrected chi connectivity index (χ0v) is 15.1. The van der Waals surface area contributed by atoms with Gasteiger partial charge in [-0.1, -0.05) is 17.3 Å². The van der Waals surface area contributed by atoms with Gasteiger partial charge in [0.2, 0.25) is 11.7 Å². The van der Waals surface area contributed by atoms with Gasteiger partial charge in [-0.2, -0.15) is 4.98 Å². The Morgan fingerprint density at radius 3 is 2.74 bits per heavy atom. The molecule has 0 unspecified atom stereocenters. The topological polar surface area (TPSA) is 81.7 Å². The average molecular weight is 360 g/mol. The molecule has 27 heavy (non-hydrogen) atoms. The Kier molecular flexibility index (Phi) is 4.76. The van der Waals surface area contributed by atoms with Crippen molar-refractivity contribution in [2.45, 2.75) is 25.9 Å². The van der Waals surface area contributed by atoms with Crippen LogP contribution in [0.3, 0.4) is 0 Å². The molecular weight excluding hydrogens is 340 g/mol. The Labute approximate surface area is 157 Å². The molecule has 4 aromatic rings. The van der Waals surface area contributed by atoms with Gasteiger partial charge in [0.25, 0.3) is 0 Å². The maximum absolute atomic E-state index is 5.44.